The van der Waals surface area contributed by atoms with Gasteiger partial charge in [-0.15, -0.1) is 0 Å². The molecule has 1 N–H and O–H groups in total. The molecule has 5 aromatic rings. The number of hydrazone groups is 1. The number of anilines is 2. The van der Waals surface area contributed by atoms with Gasteiger partial charge in [-0.05, 0) is 64.1 Å². The van der Waals surface area contributed by atoms with Crippen LogP contribution in [0.15, 0.2) is 99.2 Å². The van der Waals surface area contributed by atoms with Crippen molar-refractivity contribution in [2.24, 2.45) is 5.10 Å². The van der Waals surface area contributed by atoms with Gasteiger partial charge in [-0.1, -0.05) is 30.3 Å². The summed E-state index contributed by atoms with van der Waals surface area (Å²) in [6.45, 7) is 11.8. The van der Waals surface area contributed by atoms with E-state index < -0.39 is 11.2 Å². The van der Waals surface area contributed by atoms with Crippen LogP contribution in [-0.2, 0) is 5.54 Å². The van der Waals surface area contributed by atoms with E-state index in [-0.39, 0.29) is 22.8 Å². The molecule has 238 valence electrons. The Hall–Kier alpha value is -5.57. The van der Waals surface area contributed by atoms with E-state index in [0.29, 0.717) is 22.4 Å². The molecule has 0 fully saturated rings. The quantitative estimate of drug-likeness (QED) is 0.145. The van der Waals surface area contributed by atoms with Gasteiger partial charge in [0.05, 0.1) is 11.8 Å². The van der Waals surface area contributed by atoms with Gasteiger partial charge in [-0.25, -0.2) is 9.80 Å². The van der Waals surface area contributed by atoms with Gasteiger partial charge in [0, 0.05) is 83.4 Å². The second-order valence-corrected chi connectivity index (χ2v) is 11.6. The molecule has 0 atom stereocenters. The Kier molecular flexibility index (Phi) is 7.47. The maximum atomic E-state index is 14.5. The van der Waals surface area contributed by atoms with Gasteiger partial charge < -0.3 is 24.1 Å². The predicted molar refractivity (Wildman–Crippen MR) is 184 cm³/mol. The zero-order valence-electron chi connectivity index (χ0n) is 26.9. The first kappa shape index (κ1) is 30.1. The van der Waals surface area contributed by atoms with E-state index in [4.69, 9.17) is 14.3 Å². The first-order chi connectivity index (χ1) is 22.8. The highest BCUT2D eigenvalue weighted by molar-refractivity contribution is 6.04. The van der Waals surface area contributed by atoms with Gasteiger partial charge in [0.25, 0.3) is 5.91 Å². The normalized spacial score (nSPS) is 14.3. The summed E-state index contributed by atoms with van der Waals surface area (Å²) in [5, 5.41) is 17.8. The molecule has 9 nitrogen and oxygen atoms in total. The second-order valence-electron chi connectivity index (χ2n) is 11.6. The van der Waals surface area contributed by atoms with Gasteiger partial charge >= 0.3 is 5.63 Å². The summed E-state index contributed by atoms with van der Waals surface area (Å²) in [7, 11) is 0. The van der Waals surface area contributed by atoms with E-state index in [1.807, 2.05) is 48.5 Å². The summed E-state index contributed by atoms with van der Waals surface area (Å²) in [5.74, 6) is 0.816. The van der Waals surface area contributed by atoms with E-state index in [9.17, 15) is 14.7 Å². The van der Waals surface area contributed by atoms with Crippen LogP contribution in [0.3, 0.4) is 0 Å². The number of carbonyl (C=O) groups is 1. The molecule has 2 aliphatic rings. The highest BCUT2D eigenvalue weighted by Gasteiger charge is 2.57. The van der Waals surface area contributed by atoms with Crippen molar-refractivity contribution in [1.82, 2.24) is 5.01 Å². The zero-order valence-corrected chi connectivity index (χ0v) is 26.9. The van der Waals surface area contributed by atoms with E-state index >= 15 is 0 Å². The van der Waals surface area contributed by atoms with Crippen LogP contribution >= 0.6 is 0 Å². The van der Waals surface area contributed by atoms with Gasteiger partial charge in [0.1, 0.15) is 22.8 Å². The number of phenols is 1. The summed E-state index contributed by atoms with van der Waals surface area (Å²) in [6.07, 6.45) is 1.40. The lowest BCUT2D eigenvalue weighted by atomic mass is 9.75. The van der Waals surface area contributed by atoms with Gasteiger partial charge in [0.15, 0.2) is 5.58 Å². The van der Waals surface area contributed by atoms with Crippen molar-refractivity contribution in [3.63, 3.8) is 0 Å². The molecule has 0 radical (unpaired) electrons. The van der Waals surface area contributed by atoms with Crippen LogP contribution in [0.1, 0.15) is 60.3 Å². The SMILES string of the molecule is CCN(CC)c1ccc2c(c1)Oc1cc(N(CC)CC)ccc1C21c2ccccc2C(=O)N1/N=C/c1c(O)ccc2ccc(=O)oc12. The minimum absolute atomic E-state index is 0.130. The van der Waals surface area contributed by atoms with Crippen LogP contribution < -0.4 is 20.2 Å². The highest BCUT2D eigenvalue weighted by atomic mass is 16.5. The summed E-state index contributed by atoms with van der Waals surface area (Å²) in [6, 6.07) is 25.9. The summed E-state index contributed by atoms with van der Waals surface area (Å²) in [4.78, 5) is 31.2. The molecule has 1 aromatic heterocycles. The molecule has 3 heterocycles. The lowest BCUT2D eigenvalue weighted by molar-refractivity contribution is 0.0675. The highest BCUT2D eigenvalue weighted by Crippen LogP contribution is 2.58. The number of fused-ring (bicyclic) bond motifs is 7. The Balaban J connectivity index is 1.52. The van der Waals surface area contributed by atoms with Crippen molar-refractivity contribution in [2.75, 3.05) is 36.0 Å². The Bertz CT molecular complexity index is 2050. The van der Waals surface area contributed by atoms with Crippen LogP contribution in [-0.4, -0.2) is 48.4 Å². The molecule has 2 aliphatic heterocycles. The van der Waals surface area contributed by atoms with Gasteiger partial charge in [0.2, 0.25) is 0 Å². The number of hydrogen-bond donors (Lipinski definition) is 1. The molecule has 47 heavy (non-hydrogen) atoms. The number of carbonyl (C=O) groups excluding carboxylic acids is 1. The average molecular weight is 629 g/mol. The monoisotopic (exact) mass is 628 g/mol. The molecule has 1 spiro atoms. The third-order valence-electron chi connectivity index (χ3n) is 9.35. The fraction of sp³-hybridized carbons (Fsp3) is 0.237. The van der Waals surface area contributed by atoms with Crippen molar-refractivity contribution in [1.29, 1.82) is 0 Å². The lowest BCUT2D eigenvalue weighted by Crippen LogP contribution is -2.44. The molecule has 9 heteroatoms. The first-order valence-electron chi connectivity index (χ1n) is 16.1. The molecule has 1 amide bonds. The van der Waals surface area contributed by atoms with Crippen molar-refractivity contribution >= 4 is 34.5 Å². The second kappa shape index (κ2) is 11.7. The predicted octanol–water partition coefficient (Wildman–Crippen LogP) is 7.08. The molecule has 7 rings (SSSR count). The third-order valence-corrected chi connectivity index (χ3v) is 9.35. The fourth-order valence-corrected chi connectivity index (χ4v) is 7.03. The number of hydrogen-bond acceptors (Lipinski definition) is 8. The Labute approximate surface area is 272 Å². The smallest absolute Gasteiger partial charge is 0.336 e. The number of ether oxygens (including phenoxy) is 1. The molecule has 0 saturated heterocycles. The topological polar surface area (TPSA) is 98.8 Å². The van der Waals surface area contributed by atoms with Crippen molar-refractivity contribution in [2.45, 2.75) is 33.2 Å². The number of amides is 1. The molecular weight excluding hydrogens is 592 g/mol. The maximum Gasteiger partial charge on any atom is 0.336 e. The van der Waals surface area contributed by atoms with E-state index in [0.717, 1.165) is 54.2 Å². The van der Waals surface area contributed by atoms with Crippen LogP contribution in [0.4, 0.5) is 11.4 Å². The minimum atomic E-state index is -1.20. The van der Waals surface area contributed by atoms with Crippen LogP contribution in [0.2, 0.25) is 0 Å². The van der Waals surface area contributed by atoms with Crippen LogP contribution in [0.5, 0.6) is 17.2 Å². The number of nitrogens with zero attached hydrogens (tertiary/aromatic N) is 4. The minimum Gasteiger partial charge on any atom is -0.507 e. The lowest BCUT2D eigenvalue weighted by Gasteiger charge is -2.42. The summed E-state index contributed by atoms with van der Waals surface area (Å²) in [5.41, 5.74) is 3.45. The number of aromatic hydroxyl groups is 1. The first-order valence-corrected chi connectivity index (χ1v) is 16.1. The van der Waals surface area contributed by atoms with Crippen LogP contribution in [0, 0.1) is 0 Å². The van der Waals surface area contributed by atoms with Crippen molar-refractivity contribution in [3.05, 3.63) is 123 Å². The molecule has 0 aliphatic carbocycles. The van der Waals surface area contributed by atoms with Gasteiger partial charge in [-0.3, -0.25) is 4.79 Å². The Morgan fingerprint density at radius 3 is 1.98 bits per heavy atom. The average Bonchev–Trinajstić information content (AvgIpc) is 3.33. The number of benzene rings is 4. The van der Waals surface area contributed by atoms with Crippen molar-refractivity contribution in [3.8, 4) is 17.2 Å². The van der Waals surface area contributed by atoms with Crippen LogP contribution in [0.25, 0.3) is 11.0 Å². The standard InChI is InChI=1S/C38H36N4O5/c1-5-40(6-2)25-15-17-30-33(21-25)46-34-22-26(41(7-3)8-4)16-18-31(34)38(30)29-12-10-9-11-27(29)37(45)42(38)39-23-28-32(43)19-13-24-14-20-35(44)47-36(24)28/h9-23,43H,5-8H2,1-4H3/b39-23+. The Morgan fingerprint density at radius 2 is 1.36 bits per heavy atom. The van der Waals surface area contributed by atoms with E-state index in [2.05, 4.69) is 49.6 Å². The molecule has 0 saturated carbocycles. The maximum absolute atomic E-state index is 14.5. The summed E-state index contributed by atoms with van der Waals surface area (Å²) >= 11 is 0. The van der Waals surface area contributed by atoms with E-state index in [1.165, 1.54) is 23.4 Å². The number of phenolic OH excluding ortho intramolecular Hbond substituents is 1. The largest absolute Gasteiger partial charge is 0.507 e. The molecular formula is C38H36N4O5. The fourth-order valence-electron chi connectivity index (χ4n) is 7.03. The molecule has 0 bridgehead atoms. The van der Waals surface area contributed by atoms with Crippen molar-refractivity contribution < 1.29 is 19.1 Å². The van der Waals surface area contributed by atoms with E-state index in [1.54, 1.807) is 12.1 Å². The zero-order chi connectivity index (χ0) is 32.9. The summed E-state index contributed by atoms with van der Waals surface area (Å²) < 4.78 is 12.2. The molecule has 4 aromatic carbocycles. The Morgan fingerprint density at radius 1 is 0.766 bits per heavy atom. The number of rotatable bonds is 8. The van der Waals surface area contributed by atoms with Gasteiger partial charge in [-0.2, -0.15) is 5.10 Å². The molecule has 0 unspecified atom stereocenters. The third kappa shape index (κ3) is 4.56.